The molecule has 0 saturated carbocycles. The van der Waals surface area contributed by atoms with E-state index in [4.69, 9.17) is 4.18 Å². The second kappa shape index (κ2) is 7.24. The van der Waals surface area contributed by atoms with Crippen LogP contribution in [0.2, 0.25) is 0 Å². The van der Waals surface area contributed by atoms with Gasteiger partial charge < -0.3 is 14.6 Å². The van der Waals surface area contributed by atoms with E-state index in [1.54, 1.807) is 24.3 Å². The minimum atomic E-state index is -3.93. The molecular formula is C16H16N2O7S2. The molecule has 0 spiro atoms. The lowest BCUT2D eigenvalue weighted by Crippen LogP contribution is -2.70. The molecule has 11 heteroatoms. The first-order valence-corrected chi connectivity index (χ1v) is 10.7. The summed E-state index contributed by atoms with van der Waals surface area (Å²) in [6.07, 6.45) is 0.882. The summed E-state index contributed by atoms with van der Waals surface area (Å²) in [6.45, 7) is 0. The Balaban J connectivity index is 1.73. The van der Waals surface area contributed by atoms with Gasteiger partial charge in [-0.1, -0.05) is 30.3 Å². The number of amides is 2. The third-order valence-electron chi connectivity index (χ3n) is 3.91. The number of carbonyl (C=O) groups excluding carboxylic acids is 2. The zero-order valence-corrected chi connectivity index (χ0v) is 15.7. The molecule has 2 atom stereocenters. The van der Waals surface area contributed by atoms with E-state index in [1.807, 2.05) is 6.07 Å². The molecule has 9 nitrogen and oxygen atoms in total. The van der Waals surface area contributed by atoms with Gasteiger partial charge in [0.05, 0.1) is 18.4 Å². The van der Waals surface area contributed by atoms with Gasteiger partial charge in [-0.05, 0) is 5.56 Å². The van der Waals surface area contributed by atoms with Crippen molar-refractivity contribution in [2.24, 2.45) is 0 Å². The number of aliphatic carboxylic acids is 1. The Morgan fingerprint density at radius 3 is 2.59 bits per heavy atom. The van der Waals surface area contributed by atoms with Gasteiger partial charge in [-0.25, -0.2) is 4.79 Å². The summed E-state index contributed by atoms with van der Waals surface area (Å²) >= 11 is 1.12. The molecule has 2 aliphatic heterocycles. The fourth-order valence-electron chi connectivity index (χ4n) is 2.84. The molecule has 1 fully saturated rings. The van der Waals surface area contributed by atoms with Gasteiger partial charge in [0.1, 0.15) is 11.4 Å². The number of hydrogen-bond donors (Lipinski definition) is 2. The Hall–Kier alpha value is -2.53. The van der Waals surface area contributed by atoms with E-state index in [2.05, 4.69) is 5.32 Å². The molecule has 27 heavy (non-hydrogen) atoms. The number of nitrogens with zero attached hydrogens (tertiary/aromatic N) is 1. The van der Waals surface area contributed by atoms with E-state index in [0.29, 0.717) is 0 Å². The van der Waals surface area contributed by atoms with Crippen molar-refractivity contribution in [1.29, 1.82) is 0 Å². The van der Waals surface area contributed by atoms with E-state index < -0.39 is 39.1 Å². The van der Waals surface area contributed by atoms with E-state index in [0.717, 1.165) is 28.5 Å². The molecule has 2 heterocycles. The fraction of sp³-hybridized carbons (Fsp3) is 0.312. The zero-order chi connectivity index (χ0) is 19.8. The van der Waals surface area contributed by atoms with E-state index >= 15 is 0 Å². The Kier molecular flexibility index (Phi) is 5.16. The van der Waals surface area contributed by atoms with Crippen LogP contribution in [0.1, 0.15) is 5.56 Å². The van der Waals surface area contributed by atoms with Crippen LogP contribution in [0.5, 0.6) is 0 Å². The van der Waals surface area contributed by atoms with E-state index in [-0.39, 0.29) is 23.8 Å². The molecular weight excluding hydrogens is 396 g/mol. The highest BCUT2D eigenvalue weighted by Gasteiger charge is 2.55. The van der Waals surface area contributed by atoms with Gasteiger partial charge in [0.25, 0.3) is 5.91 Å². The van der Waals surface area contributed by atoms with Gasteiger partial charge in [-0.3, -0.25) is 14.5 Å². The number of carboxylic acids is 1. The Morgan fingerprint density at radius 1 is 1.33 bits per heavy atom. The zero-order valence-electron chi connectivity index (χ0n) is 14.1. The minimum absolute atomic E-state index is 0.0474. The van der Waals surface area contributed by atoms with E-state index in [1.165, 1.54) is 0 Å². The molecule has 0 radical (unpaired) electrons. The van der Waals surface area contributed by atoms with Crippen molar-refractivity contribution >= 4 is 39.7 Å². The predicted octanol–water partition coefficient (Wildman–Crippen LogP) is -0.0986. The average molecular weight is 412 g/mol. The maximum absolute atomic E-state index is 12.4. The van der Waals surface area contributed by atoms with Crippen molar-refractivity contribution in [2.45, 2.75) is 17.8 Å². The number of benzene rings is 1. The Bertz CT molecular complexity index is 927. The van der Waals surface area contributed by atoms with Crippen LogP contribution in [-0.2, 0) is 35.1 Å². The highest BCUT2D eigenvalue weighted by atomic mass is 32.2. The number of carboxylic acid groups (broad SMARTS) is 1. The Morgan fingerprint density at radius 2 is 2.00 bits per heavy atom. The molecule has 1 aromatic carbocycles. The molecule has 1 saturated heterocycles. The van der Waals surface area contributed by atoms with Crippen LogP contribution < -0.4 is 5.32 Å². The maximum atomic E-state index is 12.4. The highest BCUT2D eigenvalue weighted by molar-refractivity contribution is 8.00. The van der Waals surface area contributed by atoms with Crippen molar-refractivity contribution in [2.75, 3.05) is 12.0 Å². The van der Waals surface area contributed by atoms with Crippen molar-refractivity contribution < 1.29 is 32.1 Å². The fourth-order valence-corrected chi connectivity index (χ4v) is 4.67. The average Bonchev–Trinajstić information content (AvgIpc) is 2.58. The largest absolute Gasteiger partial charge is 0.476 e. The lowest BCUT2D eigenvalue weighted by atomic mass is 10.0. The molecule has 1 unspecified atom stereocenters. The molecule has 2 N–H and O–H groups in total. The van der Waals surface area contributed by atoms with Gasteiger partial charge in [-0.2, -0.15) is 8.42 Å². The van der Waals surface area contributed by atoms with Crippen molar-refractivity contribution in [3.63, 3.8) is 0 Å². The Labute approximate surface area is 159 Å². The van der Waals surface area contributed by atoms with Gasteiger partial charge in [0.2, 0.25) is 5.91 Å². The van der Waals surface area contributed by atoms with Gasteiger partial charge >= 0.3 is 16.1 Å². The monoisotopic (exact) mass is 412 g/mol. The minimum Gasteiger partial charge on any atom is -0.476 e. The van der Waals surface area contributed by atoms with Crippen LogP contribution in [0.4, 0.5) is 0 Å². The second-order valence-corrected chi connectivity index (χ2v) is 8.66. The highest BCUT2D eigenvalue weighted by Crippen LogP contribution is 2.40. The molecule has 2 amide bonds. The summed E-state index contributed by atoms with van der Waals surface area (Å²) in [5.74, 6) is -2.82. The van der Waals surface area contributed by atoms with Gasteiger partial charge in [-0.15, -0.1) is 11.8 Å². The molecule has 0 aromatic heterocycles. The number of carbonyl (C=O) groups is 3. The summed E-state index contributed by atoms with van der Waals surface area (Å²) in [6, 6.07) is 8.10. The normalized spacial score (nSPS) is 22.0. The lowest BCUT2D eigenvalue weighted by molar-refractivity contribution is -0.151. The van der Waals surface area contributed by atoms with Crippen LogP contribution in [0, 0.1) is 0 Å². The van der Waals surface area contributed by atoms with Gasteiger partial charge in [0, 0.05) is 0 Å². The second-order valence-electron chi connectivity index (χ2n) is 5.98. The first kappa shape index (κ1) is 19.2. The van der Waals surface area contributed by atoms with Crippen LogP contribution in [0.15, 0.2) is 41.8 Å². The molecule has 144 valence electrons. The van der Waals surface area contributed by atoms with Crippen LogP contribution in [0.3, 0.4) is 0 Å². The van der Waals surface area contributed by atoms with Crippen LogP contribution in [0.25, 0.3) is 0 Å². The number of rotatable bonds is 6. The first-order valence-electron chi connectivity index (χ1n) is 7.81. The maximum Gasteiger partial charge on any atom is 0.356 e. The van der Waals surface area contributed by atoms with E-state index in [9.17, 15) is 27.9 Å². The van der Waals surface area contributed by atoms with Gasteiger partial charge in [0.15, 0.2) is 11.5 Å². The first-order chi connectivity index (χ1) is 12.7. The van der Waals surface area contributed by atoms with Crippen LogP contribution in [-0.4, -0.2) is 59.6 Å². The summed E-state index contributed by atoms with van der Waals surface area (Å²) in [5.41, 5.74) is 0.271. The molecule has 3 rings (SSSR count). The number of fused-ring (bicyclic) bond motifs is 1. The summed E-state index contributed by atoms with van der Waals surface area (Å²) in [5, 5.41) is 11.4. The number of nitrogens with one attached hydrogen (secondary N) is 1. The molecule has 1 aromatic rings. The summed E-state index contributed by atoms with van der Waals surface area (Å²) < 4.78 is 27.4. The molecule has 0 bridgehead atoms. The van der Waals surface area contributed by atoms with Crippen molar-refractivity contribution in [1.82, 2.24) is 10.2 Å². The molecule has 0 aliphatic carbocycles. The summed E-state index contributed by atoms with van der Waals surface area (Å²) in [4.78, 5) is 37.1. The third-order valence-corrected chi connectivity index (χ3v) is 5.67. The lowest BCUT2D eigenvalue weighted by Gasteiger charge is -2.48. The third kappa shape index (κ3) is 4.08. The van der Waals surface area contributed by atoms with Crippen molar-refractivity contribution in [3.05, 3.63) is 47.4 Å². The number of β-lactam (4-membered cyclic amide) rings is 1. The van der Waals surface area contributed by atoms with Crippen molar-refractivity contribution in [3.8, 4) is 0 Å². The smallest absolute Gasteiger partial charge is 0.356 e. The predicted molar refractivity (Wildman–Crippen MR) is 95.8 cm³/mol. The quantitative estimate of drug-likeness (QED) is 0.489. The SMILES string of the molecule is CS(=O)(=O)OC1=C(C(=O)O)N2C(=O)C(NC(=O)Cc3ccccc3)[C@@H]2SC1. The summed E-state index contributed by atoms with van der Waals surface area (Å²) in [7, 11) is -3.93. The number of hydrogen-bond acceptors (Lipinski definition) is 7. The van der Waals surface area contributed by atoms with Crippen LogP contribution >= 0.6 is 11.8 Å². The number of thioether (sulfide) groups is 1. The molecule has 2 aliphatic rings. The topological polar surface area (TPSA) is 130 Å². The standard InChI is InChI=1S/C16H16N2O7S2/c1-27(23,24)25-10-8-26-15-12(14(20)18(15)13(10)16(21)22)17-11(19)7-9-5-3-2-4-6-9/h2-6,12,15H,7-8H2,1H3,(H,17,19)(H,21,22)/t12?,15-/m0/s1.